The van der Waals surface area contributed by atoms with Crippen molar-refractivity contribution in [3.8, 4) is 11.3 Å². The Morgan fingerprint density at radius 2 is 1.77 bits per heavy atom. The number of nitrogens with zero attached hydrogens (tertiary/aromatic N) is 3. The van der Waals surface area contributed by atoms with Crippen molar-refractivity contribution in [3.05, 3.63) is 83.5 Å². The molecule has 0 saturated heterocycles. The maximum atomic E-state index is 12.7. The van der Waals surface area contributed by atoms with Gasteiger partial charge in [0.25, 0.3) is 5.91 Å². The molecule has 0 bridgehead atoms. The van der Waals surface area contributed by atoms with Gasteiger partial charge in [-0.2, -0.15) is 0 Å². The monoisotopic (exact) mass is 429 g/mol. The number of benzene rings is 2. The van der Waals surface area contributed by atoms with Crippen molar-refractivity contribution in [1.29, 1.82) is 0 Å². The van der Waals surface area contributed by atoms with E-state index in [9.17, 15) is 4.79 Å². The van der Waals surface area contributed by atoms with Crippen molar-refractivity contribution in [3.63, 3.8) is 0 Å². The molecule has 0 spiro atoms. The number of carbonyl (C=O) groups is 1. The van der Waals surface area contributed by atoms with Crippen LogP contribution in [0.2, 0.25) is 0 Å². The average Bonchev–Trinajstić information content (AvgIpc) is 3.22. The second kappa shape index (κ2) is 8.97. The minimum absolute atomic E-state index is 0.139. The Labute approximate surface area is 185 Å². The van der Waals surface area contributed by atoms with Gasteiger partial charge in [-0.1, -0.05) is 6.07 Å². The molecule has 1 amide bonds. The predicted molar refractivity (Wildman–Crippen MR) is 129 cm³/mol. The maximum absolute atomic E-state index is 12.7. The molecule has 156 valence electrons. The van der Waals surface area contributed by atoms with E-state index in [0.29, 0.717) is 5.56 Å². The molecule has 7 heteroatoms. The van der Waals surface area contributed by atoms with Crippen molar-refractivity contribution in [1.82, 2.24) is 9.97 Å². The van der Waals surface area contributed by atoms with E-state index in [-0.39, 0.29) is 5.91 Å². The van der Waals surface area contributed by atoms with E-state index in [1.807, 2.05) is 85.9 Å². The normalized spacial score (nSPS) is 10.5. The first kappa shape index (κ1) is 20.6. The van der Waals surface area contributed by atoms with Crippen LogP contribution in [-0.4, -0.2) is 30.0 Å². The maximum Gasteiger partial charge on any atom is 0.255 e. The fourth-order valence-electron chi connectivity index (χ4n) is 3.29. The van der Waals surface area contributed by atoms with Crippen LogP contribution in [0, 0.1) is 6.92 Å². The first-order valence-corrected chi connectivity index (χ1v) is 10.7. The van der Waals surface area contributed by atoms with E-state index in [1.54, 1.807) is 12.4 Å². The van der Waals surface area contributed by atoms with Gasteiger partial charge in [0.1, 0.15) is 0 Å². The molecule has 2 N–H and O–H groups in total. The van der Waals surface area contributed by atoms with Crippen LogP contribution >= 0.6 is 11.3 Å². The molecule has 2 heterocycles. The topological polar surface area (TPSA) is 70.1 Å². The van der Waals surface area contributed by atoms with Crippen molar-refractivity contribution in [2.24, 2.45) is 0 Å². The van der Waals surface area contributed by atoms with E-state index in [0.717, 1.165) is 39.0 Å². The summed E-state index contributed by atoms with van der Waals surface area (Å²) in [6.45, 7) is 2.00. The molecule has 0 saturated carbocycles. The summed E-state index contributed by atoms with van der Waals surface area (Å²) < 4.78 is 0. The number of hydrogen-bond acceptors (Lipinski definition) is 6. The van der Waals surface area contributed by atoms with Gasteiger partial charge in [0.2, 0.25) is 0 Å². The average molecular weight is 430 g/mol. The van der Waals surface area contributed by atoms with Gasteiger partial charge in [0.05, 0.1) is 5.69 Å². The molecule has 4 aromatic rings. The van der Waals surface area contributed by atoms with Crippen LogP contribution < -0.4 is 15.5 Å². The Morgan fingerprint density at radius 1 is 1.00 bits per heavy atom. The van der Waals surface area contributed by atoms with Gasteiger partial charge in [-0.05, 0) is 61.0 Å². The Bertz CT molecular complexity index is 1200. The Morgan fingerprint density at radius 3 is 2.52 bits per heavy atom. The fourth-order valence-corrected chi connectivity index (χ4v) is 4.03. The number of aryl methyl sites for hydroxylation is 1. The predicted octanol–water partition coefficient (Wildman–Crippen LogP) is 5.58. The van der Waals surface area contributed by atoms with Crippen LogP contribution in [0.1, 0.15) is 15.9 Å². The molecule has 0 aliphatic heterocycles. The van der Waals surface area contributed by atoms with Crippen LogP contribution in [-0.2, 0) is 0 Å². The Hall–Kier alpha value is -3.71. The number of aromatic nitrogens is 2. The van der Waals surface area contributed by atoms with Crippen molar-refractivity contribution in [2.45, 2.75) is 6.92 Å². The van der Waals surface area contributed by atoms with E-state index in [1.165, 1.54) is 11.3 Å². The highest BCUT2D eigenvalue weighted by Gasteiger charge is 2.10. The van der Waals surface area contributed by atoms with Gasteiger partial charge in [-0.3, -0.25) is 9.78 Å². The molecule has 0 fully saturated rings. The standard InChI is InChI=1S/C24H23N5OS/c1-16-13-18(7-8-22(16)29(2)3)23(30)26-19-5-4-6-20(14-19)27-24-28-21(15-31-24)17-9-11-25-12-10-17/h4-15H,1-3H3,(H,26,30)(H,27,28). The smallest absolute Gasteiger partial charge is 0.255 e. The second-order valence-corrected chi connectivity index (χ2v) is 8.19. The Kier molecular flexibility index (Phi) is 5.95. The molecule has 31 heavy (non-hydrogen) atoms. The molecular formula is C24H23N5OS. The molecular weight excluding hydrogens is 406 g/mol. The summed E-state index contributed by atoms with van der Waals surface area (Å²) in [6.07, 6.45) is 3.51. The Balaban J connectivity index is 1.46. The third-order valence-electron chi connectivity index (χ3n) is 4.79. The first-order chi connectivity index (χ1) is 15.0. The number of rotatable bonds is 6. The zero-order valence-electron chi connectivity index (χ0n) is 17.6. The van der Waals surface area contributed by atoms with Gasteiger partial charge in [-0.25, -0.2) is 4.98 Å². The number of carbonyl (C=O) groups excluding carboxylic acids is 1. The zero-order chi connectivity index (χ0) is 21.8. The van der Waals surface area contributed by atoms with Crippen molar-refractivity contribution < 1.29 is 4.79 Å². The van der Waals surface area contributed by atoms with E-state index >= 15 is 0 Å². The molecule has 0 aliphatic rings. The summed E-state index contributed by atoms with van der Waals surface area (Å²) >= 11 is 1.53. The molecule has 0 radical (unpaired) electrons. The SMILES string of the molecule is Cc1cc(C(=O)Nc2cccc(Nc3nc(-c4ccncc4)cs3)c2)ccc1N(C)C. The molecule has 0 atom stereocenters. The summed E-state index contributed by atoms with van der Waals surface area (Å²) in [6, 6.07) is 17.2. The summed E-state index contributed by atoms with van der Waals surface area (Å²) in [7, 11) is 3.98. The largest absolute Gasteiger partial charge is 0.377 e. The molecule has 2 aromatic carbocycles. The lowest BCUT2D eigenvalue weighted by Gasteiger charge is -2.16. The van der Waals surface area contributed by atoms with Gasteiger partial charge >= 0.3 is 0 Å². The van der Waals surface area contributed by atoms with Gasteiger partial charge in [-0.15, -0.1) is 11.3 Å². The molecule has 0 unspecified atom stereocenters. The summed E-state index contributed by atoms with van der Waals surface area (Å²) in [5.74, 6) is -0.139. The third-order valence-corrected chi connectivity index (χ3v) is 5.55. The van der Waals surface area contributed by atoms with E-state index in [4.69, 9.17) is 0 Å². The fraction of sp³-hybridized carbons (Fsp3) is 0.125. The third kappa shape index (κ3) is 4.90. The van der Waals surface area contributed by atoms with Gasteiger partial charge in [0, 0.05) is 60.1 Å². The van der Waals surface area contributed by atoms with E-state index < -0.39 is 0 Å². The van der Waals surface area contributed by atoms with Crippen LogP contribution in [0.15, 0.2) is 72.4 Å². The van der Waals surface area contributed by atoms with Gasteiger partial charge in [0.15, 0.2) is 5.13 Å². The molecule has 6 nitrogen and oxygen atoms in total. The molecule has 2 aromatic heterocycles. The molecule has 0 aliphatic carbocycles. The van der Waals surface area contributed by atoms with Crippen LogP contribution in [0.4, 0.5) is 22.2 Å². The van der Waals surface area contributed by atoms with Crippen molar-refractivity contribution in [2.75, 3.05) is 29.6 Å². The highest BCUT2D eigenvalue weighted by molar-refractivity contribution is 7.14. The first-order valence-electron chi connectivity index (χ1n) is 9.82. The van der Waals surface area contributed by atoms with Crippen LogP contribution in [0.5, 0.6) is 0 Å². The zero-order valence-corrected chi connectivity index (χ0v) is 18.4. The number of pyridine rings is 1. The summed E-state index contributed by atoms with van der Waals surface area (Å²) in [4.78, 5) is 23.4. The quantitative estimate of drug-likeness (QED) is 0.419. The number of hydrogen-bond donors (Lipinski definition) is 2. The lowest BCUT2D eigenvalue weighted by molar-refractivity contribution is 0.102. The van der Waals surface area contributed by atoms with Gasteiger partial charge < -0.3 is 15.5 Å². The number of nitrogens with one attached hydrogen (secondary N) is 2. The number of amides is 1. The second-order valence-electron chi connectivity index (χ2n) is 7.33. The van der Waals surface area contributed by atoms with Crippen molar-refractivity contribution >= 4 is 39.4 Å². The molecule has 4 rings (SSSR count). The van der Waals surface area contributed by atoms with Crippen LogP contribution in [0.25, 0.3) is 11.3 Å². The highest BCUT2D eigenvalue weighted by atomic mass is 32.1. The van der Waals surface area contributed by atoms with Crippen LogP contribution in [0.3, 0.4) is 0 Å². The lowest BCUT2D eigenvalue weighted by Crippen LogP contribution is -2.14. The highest BCUT2D eigenvalue weighted by Crippen LogP contribution is 2.28. The minimum Gasteiger partial charge on any atom is -0.377 e. The summed E-state index contributed by atoms with van der Waals surface area (Å²) in [5, 5.41) is 9.07. The van der Waals surface area contributed by atoms with E-state index in [2.05, 4.69) is 20.6 Å². The number of anilines is 4. The minimum atomic E-state index is -0.139. The summed E-state index contributed by atoms with van der Waals surface area (Å²) in [5.41, 5.74) is 6.28. The number of thiazole rings is 1. The lowest BCUT2D eigenvalue weighted by atomic mass is 10.1.